The molecule has 0 spiro atoms. The molecule has 72 valence electrons. The monoisotopic (exact) mass is 241 g/mol. The highest BCUT2D eigenvalue weighted by Gasteiger charge is 2.15. The molecule has 0 saturated carbocycles. The Balaban J connectivity index is 2.74. The molecule has 1 nitrogen and oxygen atoms in total. The van der Waals surface area contributed by atoms with E-state index >= 15 is 0 Å². The summed E-state index contributed by atoms with van der Waals surface area (Å²) in [5.41, 5.74) is 7.21. The summed E-state index contributed by atoms with van der Waals surface area (Å²) in [6.07, 6.45) is 1.03. The number of hydrogen-bond donors (Lipinski definition) is 1. The summed E-state index contributed by atoms with van der Waals surface area (Å²) in [6.45, 7) is 5.10. The van der Waals surface area contributed by atoms with Crippen molar-refractivity contribution >= 4 is 15.9 Å². The van der Waals surface area contributed by atoms with E-state index in [0.29, 0.717) is 0 Å². The molecule has 1 rings (SSSR count). The molecular formula is C11H16BrN. The molecule has 2 N–H and O–H groups in total. The predicted molar refractivity (Wildman–Crippen MR) is 60.7 cm³/mol. The van der Waals surface area contributed by atoms with Gasteiger partial charge in [-0.05, 0) is 36.1 Å². The average molecular weight is 242 g/mol. The summed E-state index contributed by atoms with van der Waals surface area (Å²) in [4.78, 5) is 0. The molecule has 0 fully saturated rings. The number of hydrogen-bond acceptors (Lipinski definition) is 1. The largest absolute Gasteiger partial charge is 0.330 e. The van der Waals surface area contributed by atoms with E-state index in [-0.39, 0.29) is 5.41 Å². The predicted octanol–water partition coefficient (Wildman–Crippen LogP) is 2.98. The van der Waals surface area contributed by atoms with Gasteiger partial charge in [0.25, 0.3) is 0 Å². The van der Waals surface area contributed by atoms with E-state index in [1.807, 2.05) is 6.07 Å². The highest BCUT2D eigenvalue weighted by molar-refractivity contribution is 9.10. The lowest BCUT2D eigenvalue weighted by atomic mass is 9.86. The highest BCUT2D eigenvalue weighted by atomic mass is 79.9. The van der Waals surface area contributed by atoms with Crippen LogP contribution in [0.15, 0.2) is 28.7 Å². The third-order valence-electron chi connectivity index (χ3n) is 2.12. The minimum atomic E-state index is 0.195. The molecule has 0 aliphatic carbocycles. The van der Waals surface area contributed by atoms with Crippen LogP contribution >= 0.6 is 15.9 Å². The zero-order chi connectivity index (χ0) is 9.90. The van der Waals surface area contributed by atoms with E-state index in [1.165, 1.54) is 5.56 Å². The number of rotatable bonds is 3. The second-order valence-electron chi connectivity index (χ2n) is 4.18. The Morgan fingerprint density at radius 3 is 2.62 bits per heavy atom. The normalized spacial score (nSPS) is 11.7. The van der Waals surface area contributed by atoms with Gasteiger partial charge in [-0.15, -0.1) is 0 Å². The van der Waals surface area contributed by atoms with Crippen molar-refractivity contribution in [1.82, 2.24) is 0 Å². The van der Waals surface area contributed by atoms with Gasteiger partial charge in [0.15, 0.2) is 0 Å². The van der Waals surface area contributed by atoms with Crippen molar-refractivity contribution in [3.63, 3.8) is 0 Å². The summed E-state index contributed by atoms with van der Waals surface area (Å²) in [7, 11) is 0. The maximum atomic E-state index is 5.68. The van der Waals surface area contributed by atoms with Crippen LogP contribution in [-0.2, 0) is 6.42 Å². The van der Waals surface area contributed by atoms with Gasteiger partial charge in [0, 0.05) is 4.47 Å². The Morgan fingerprint density at radius 1 is 1.38 bits per heavy atom. The molecule has 0 radical (unpaired) electrons. The second kappa shape index (κ2) is 4.25. The van der Waals surface area contributed by atoms with Crippen LogP contribution in [-0.4, -0.2) is 6.54 Å². The first-order valence-corrected chi connectivity index (χ1v) is 5.27. The fourth-order valence-corrected chi connectivity index (χ4v) is 1.72. The topological polar surface area (TPSA) is 26.0 Å². The Labute approximate surface area is 88.5 Å². The lowest BCUT2D eigenvalue weighted by Crippen LogP contribution is -2.25. The van der Waals surface area contributed by atoms with Gasteiger partial charge in [0.05, 0.1) is 0 Å². The average Bonchev–Trinajstić information content (AvgIpc) is 2.03. The van der Waals surface area contributed by atoms with Crippen LogP contribution in [0.2, 0.25) is 0 Å². The smallest absolute Gasteiger partial charge is 0.0177 e. The molecule has 0 bridgehead atoms. The SMILES string of the molecule is CC(C)(CN)Cc1cccc(Br)c1. The maximum Gasteiger partial charge on any atom is 0.0177 e. The minimum Gasteiger partial charge on any atom is -0.330 e. The molecule has 13 heavy (non-hydrogen) atoms. The van der Waals surface area contributed by atoms with Gasteiger partial charge in [-0.1, -0.05) is 41.9 Å². The molecule has 1 aromatic carbocycles. The highest BCUT2D eigenvalue weighted by Crippen LogP contribution is 2.22. The molecular weight excluding hydrogens is 226 g/mol. The van der Waals surface area contributed by atoms with Gasteiger partial charge >= 0.3 is 0 Å². The van der Waals surface area contributed by atoms with E-state index in [9.17, 15) is 0 Å². The standard InChI is InChI=1S/C11H16BrN/c1-11(2,8-13)7-9-4-3-5-10(12)6-9/h3-6H,7-8,13H2,1-2H3. The molecule has 0 unspecified atom stereocenters. The maximum absolute atomic E-state index is 5.68. The quantitative estimate of drug-likeness (QED) is 0.866. The number of nitrogens with two attached hydrogens (primary N) is 1. The molecule has 0 aromatic heterocycles. The first-order chi connectivity index (χ1) is 6.03. The summed E-state index contributed by atoms with van der Waals surface area (Å²) >= 11 is 3.46. The molecule has 0 heterocycles. The van der Waals surface area contributed by atoms with Gasteiger partial charge in [-0.3, -0.25) is 0 Å². The molecule has 1 aromatic rings. The summed E-state index contributed by atoms with van der Waals surface area (Å²) < 4.78 is 1.14. The first kappa shape index (κ1) is 10.7. The molecule has 0 aliphatic rings. The number of benzene rings is 1. The lowest BCUT2D eigenvalue weighted by Gasteiger charge is -2.22. The Bertz CT molecular complexity index is 281. The van der Waals surface area contributed by atoms with Gasteiger partial charge in [-0.2, -0.15) is 0 Å². The zero-order valence-electron chi connectivity index (χ0n) is 8.18. The Kier molecular flexibility index (Phi) is 3.51. The van der Waals surface area contributed by atoms with E-state index < -0.39 is 0 Å². The third-order valence-corrected chi connectivity index (χ3v) is 2.62. The van der Waals surface area contributed by atoms with Crippen molar-refractivity contribution < 1.29 is 0 Å². The molecule has 0 saturated heterocycles. The van der Waals surface area contributed by atoms with Crippen molar-refractivity contribution in [3.8, 4) is 0 Å². The van der Waals surface area contributed by atoms with Crippen molar-refractivity contribution in [2.24, 2.45) is 11.1 Å². The van der Waals surface area contributed by atoms with Crippen LogP contribution in [0.4, 0.5) is 0 Å². The molecule has 0 atom stereocenters. The van der Waals surface area contributed by atoms with Gasteiger partial charge in [0.2, 0.25) is 0 Å². The third kappa shape index (κ3) is 3.49. The molecule has 0 aliphatic heterocycles. The van der Waals surface area contributed by atoms with E-state index in [1.54, 1.807) is 0 Å². The minimum absolute atomic E-state index is 0.195. The van der Waals surface area contributed by atoms with Crippen LogP contribution in [0.5, 0.6) is 0 Å². The lowest BCUT2D eigenvalue weighted by molar-refractivity contribution is 0.377. The van der Waals surface area contributed by atoms with Crippen molar-refractivity contribution in [2.45, 2.75) is 20.3 Å². The van der Waals surface area contributed by atoms with Gasteiger partial charge in [0.1, 0.15) is 0 Å². The Morgan fingerprint density at radius 2 is 2.08 bits per heavy atom. The van der Waals surface area contributed by atoms with E-state index in [4.69, 9.17) is 5.73 Å². The summed E-state index contributed by atoms with van der Waals surface area (Å²) in [6, 6.07) is 8.39. The number of halogens is 1. The summed E-state index contributed by atoms with van der Waals surface area (Å²) in [5, 5.41) is 0. The van der Waals surface area contributed by atoms with Crippen molar-refractivity contribution in [3.05, 3.63) is 34.3 Å². The second-order valence-corrected chi connectivity index (χ2v) is 5.09. The fraction of sp³-hybridized carbons (Fsp3) is 0.455. The van der Waals surface area contributed by atoms with E-state index in [0.717, 1.165) is 17.4 Å². The molecule has 0 amide bonds. The van der Waals surface area contributed by atoms with Gasteiger partial charge < -0.3 is 5.73 Å². The summed E-state index contributed by atoms with van der Waals surface area (Å²) in [5.74, 6) is 0. The fourth-order valence-electron chi connectivity index (χ4n) is 1.27. The van der Waals surface area contributed by atoms with E-state index in [2.05, 4.69) is 48.0 Å². The molecule has 2 heteroatoms. The van der Waals surface area contributed by atoms with Crippen LogP contribution < -0.4 is 5.73 Å². The first-order valence-electron chi connectivity index (χ1n) is 4.48. The van der Waals surface area contributed by atoms with Crippen LogP contribution in [0.1, 0.15) is 19.4 Å². The van der Waals surface area contributed by atoms with Crippen molar-refractivity contribution in [2.75, 3.05) is 6.54 Å². The van der Waals surface area contributed by atoms with Crippen molar-refractivity contribution in [1.29, 1.82) is 0 Å². The zero-order valence-corrected chi connectivity index (χ0v) is 9.76. The van der Waals surface area contributed by atoms with Crippen LogP contribution in [0, 0.1) is 5.41 Å². The van der Waals surface area contributed by atoms with Crippen LogP contribution in [0.25, 0.3) is 0 Å². The van der Waals surface area contributed by atoms with Gasteiger partial charge in [-0.25, -0.2) is 0 Å². The Hall–Kier alpha value is -0.340. The van der Waals surface area contributed by atoms with Crippen LogP contribution in [0.3, 0.4) is 0 Å².